The Labute approximate surface area is 121 Å². The Kier molecular flexibility index (Phi) is 3.59. The summed E-state index contributed by atoms with van der Waals surface area (Å²) >= 11 is 0. The van der Waals surface area contributed by atoms with Gasteiger partial charge in [-0.2, -0.15) is 0 Å². The van der Waals surface area contributed by atoms with E-state index in [0.29, 0.717) is 23.7 Å². The number of fused-ring (bicyclic) bond motifs is 2. The second kappa shape index (κ2) is 5.25. The van der Waals surface area contributed by atoms with Gasteiger partial charge in [0, 0.05) is 11.5 Å². The summed E-state index contributed by atoms with van der Waals surface area (Å²) in [4.78, 5) is 0. The van der Waals surface area contributed by atoms with Crippen molar-refractivity contribution < 1.29 is 9.47 Å². The van der Waals surface area contributed by atoms with Crippen molar-refractivity contribution in [2.75, 3.05) is 13.7 Å². The molecule has 0 aromatic heterocycles. The van der Waals surface area contributed by atoms with Crippen LogP contribution >= 0.6 is 0 Å². The minimum atomic E-state index is 0.126. The Hall–Kier alpha value is -1.28. The predicted octanol–water partition coefficient (Wildman–Crippen LogP) is 4.23. The first-order chi connectivity index (χ1) is 9.63. The highest BCUT2D eigenvalue weighted by molar-refractivity contribution is 5.37. The summed E-state index contributed by atoms with van der Waals surface area (Å²) in [6.45, 7) is 7.80. The number of methoxy groups -OCH3 is 1. The standard InChI is InChI=1S/C18H24O2/c1-11-9-12(2)17-13(3)15(11)10-20-18(17)14-7-5-6-8-16(14)19-4/h5-9,11,13,15,17-18H,10H2,1-4H3/t11-,13+,15-,17+,18-/m0/s1. The van der Waals surface area contributed by atoms with E-state index in [9.17, 15) is 0 Å². The van der Waals surface area contributed by atoms with Crippen LogP contribution in [0.3, 0.4) is 0 Å². The predicted molar refractivity (Wildman–Crippen MR) is 80.8 cm³/mol. The van der Waals surface area contributed by atoms with E-state index >= 15 is 0 Å². The van der Waals surface area contributed by atoms with Gasteiger partial charge in [-0.15, -0.1) is 0 Å². The lowest BCUT2D eigenvalue weighted by molar-refractivity contribution is -0.0941. The SMILES string of the molecule is COc1ccccc1[C@@H]1OC[C@@H]2[C@@H](C)[C@H]1C(C)=C[C@@H]2C. The third-order valence-corrected chi connectivity index (χ3v) is 5.21. The molecule has 2 heteroatoms. The van der Waals surface area contributed by atoms with Gasteiger partial charge in [-0.1, -0.05) is 43.7 Å². The van der Waals surface area contributed by atoms with Crippen LogP contribution in [0.25, 0.3) is 0 Å². The van der Waals surface area contributed by atoms with Crippen molar-refractivity contribution in [3.8, 4) is 5.75 Å². The summed E-state index contributed by atoms with van der Waals surface area (Å²) in [7, 11) is 1.74. The van der Waals surface area contributed by atoms with Gasteiger partial charge in [0.2, 0.25) is 0 Å². The van der Waals surface area contributed by atoms with Gasteiger partial charge in [0.05, 0.1) is 19.8 Å². The lowest BCUT2D eigenvalue weighted by atomic mass is 9.64. The van der Waals surface area contributed by atoms with Crippen LogP contribution in [0.2, 0.25) is 0 Å². The van der Waals surface area contributed by atoms with Crippen molar-refractivity contribution >= 4 is 0 Å². The molecule has 1 heterocycles. The zero-order valence-corrected chi connectivity index (χ0v) is 12.8. The van der Waals surface area contributed by atoms with Crippen molar-refractivity contribution in [3.05, 3.63) is 41.5 Å². The molecule has 0 spiro atoms. The molecular weight excluding hydrogens is 248 g/mol. The monoisotopic (exact) mass is 272 g/mol. The highest BCUT2D eigenvalue weighted by Gasteiger charge is 2.44. The van der Waals surface area contributed by atoms with Crippen LogP contribution in [0, 0.1) is 23.7 Å². The number of ether oxygens (including phenoxy) is 2. The van der Waals surface area contributed by atoms with Gasteiger partial charge in [-0.05, 0) is 30.7 Å². The van der Waals surface area contributed by atoms with Crippen molar-refractivity contribution in [2.45, 2.75) is 26.9 Å². The number of hydrogen-bond acceptors (Lipinski definition) is 2. The molecule has 1 aliphatic heterocycles. The lowest BCUT2D eigenvalue weighted by Crippen LogP contribution is -2.42. The van der Waals surface area contributed by atoms with Crippen molar-refractivity contribution in [2.24, 2.45) is 23.7 Å². The van der Waals surface area contributed by atoms with Crippen molar-refractivity contribution in [3.63, 3.8) is 0 Å². The van der Waals surface area contributed by atoms with E-state index < -0.39 is 0 Å². The van der Waals surface area contributed by atoms with Crippen LogP contribution in [-0.4, -0.2) is 13.7 Å². The first kappa shape index (κ1) is 13.7. The average molecular weight is 272 g/mol. The van der Waals surface area contributed by atoms with E-state index in [2.05, 4.69) is 39.0 Å². The second-order valence-corrected chi connectivity index (χ2v) is 6.31. The third-order valence-electron chi connectivity index (χ3n) is 5.21. The minimum Gasteiger partial charge on any atom is -0.496 e. The molecule has 1 aromatic rings. The van der Waals surface area contributed by atoms with Crippen LogP contribution in [0.1, 0.15) is 32.4 Å². The molecule has 0 unspecified atom stereocenters. The summed E-state index contributed by atoms with van der Waals surface area (Å²) in [6, 6.07) is 8.26. The number of benzene rings is 1. The lowest BCUT2D eigenvalue weighted by Gasteiger charge is -2.47. The molecule has 1 aliphatic carbocycles. The van der Waals surface area contributed by atoms with E-state index in [1.165, 1.54) is 11.1 Å². The third kappa shape index (κ3) is 2.07. The molecule has 0 saturated carbocycles. The minimum absolute atomic E-state index is 0.126. The molecule has 0 N–H and O–H groups in total. The fourth-order valence-electron chi connectivity index (χ4n) is 4.13. The Morgan fingerprint density at radius 1 is 1.20 bits per heavy atom. The molecule has 5 atom stereocenters. The maximum absolute atomic E-state index is 6.26. The molecule has 20 heavy (non-hydrogen) atoms. The van der Waals surface area contributed by atoms with Crippen LogP contribution in [0.4, 0.5) is 0 Å². The highest BCUT2D eigenvalue weighted by Crippen LogP contribution is 2.50. The smallest absolute Gasteiger partial charge is 0.124 e. The van der Waals surface area contributed by atoms with Crippen LogP contribution < -0.4 is 4.74 Å². The molecule has 1 fully saturated rings. The molecule has 2 aliphatic rings. The van der Waals surface area contributed by atoms with Gasteiger partial charge in [0.25, 0.3) is 0 Å². The normalized spacial score (nSPS) is 36.4. The van der Waals surface area contributed by atoms with E-state index in [4.69, 9.17) is 9.47 Å². The first-order valence-corrected chi connectivity index (χ1v) is 7.56. The molecule has 2 nitrogen and oxygen atoms in total. The number of allylic oxidation sites excluding steroid dienone is 1. The maximum atomic E-state index is 6.26. The highest BCUT2D eigenvalue weighted by atomic mass is 16.5. The zero-order chi connectivity index (χ0) is 14.3. The maximum Gasteiger partial charge on any atom is 0.124 e. The topological polar surface area (TPSA) is 18.5 Å². The molecule has 0 amide bonds. The first-order valence-electron chi connectivity index (χ1n) is 7.56. The van der Waals surface area contributed by atoms with Gasteiger partial charge in [-0.3, -0.25) is 0 Å². The van der Waals surface area contributed by atoms with Crippen LogP contribution in [-0.2, 0) is 4.74 Å². The molecule has 108 valence electrons. The van der Waals surface area contributed by atoms with E-state index in [1.54, 1.807) is 7.11 Å². The summed E-state index contributed by atoms with van der Waals surface area (Å²) in [6.07, 6.45) is 2.57. The summed E-state index contributed by atoms with van der Waals surface area (Å²) in [5.41, 5.74) is 2.66. The Morgan fingerprint density at radius 3 is 2.70 bits per heavy atom. The van der Waals surface area contributed by atoms with E-state index in [0.717, 1.165) is 12.4 Å². The van der Waals surface area contributed by atoms with Gasteiger partial charge in [0.15, 0.2) is 0 Å². The van der Waals surface area contributed by atoms with Gasteiger partial charge in [-0.25, -0.2) is 0 Å². The summed E-state index contributed by atoms with van der Waals surface area (Å²) < 4.78 is 11.8. The fourth-order valence-corrected chi connectivity index (χ4v) is 4.13. The van der Waals surface area contributed by atoms with Crippen LogP contribution in [0.5, 0.6) is 5.75 Å². The molecule has 2 bridgehead atoms. The fraction of sp³-hybridized carbons (Fsp3) is 0.556. The number of para-hydroxylation sites is 1. The van der Waals surface area contributed by atoms with E-state index in [1.807, 2.05) is 12.1 Å². The molecule has 1 aromatic carbocycles. The number of rotatable bonds is 2. The Bertz CT molecular complexity index is 520. The summed E-state index contributed by atoms with van der Waals surface area (Å²) in [5.74, 6) is 3.35. The Morgan fingerprint density at radius 2 is 1.95 bits per heavy atom. The van der Waals surface area contributed by atoms with E-state index in [-0.39, 0.29) is 6.10 Å². The zero-order valence-electron chi connectivity index (χ0n) is 12.8. The summed E-state index contributed by atoms with van der Waals surface area (Å²) in [5, 5.41) is 0. The van der Waals surface area contributed by atoms with Crippen molar-refractivity contribution in [1.82, 2.24) is 0 Å². The van der Waals surface area contributed by atoms with Gasteiger partial charge in [0.1, 0.15) is 5.75 Å². The molecule has 1 saturated heterocycles. The quantitative estimate of drug-likeness (QED) is 0.750. The Balaban J connectivity index is 2.01. The van der Waals surface area contributed by atoms with Gasteiger partial charge >= 0.3 is 0 Å². The number of hydrogen-bond donors (Lipinski definition) is 0. The molecular formula is C18H24O2. The molecule has 0 radical (unpaired) electrons. The molecule has 3 rings (SSSR count). The van der Waals surface area contributed by atoms with Gasteiger partial charge < -0.3 is 9.47 Å². The second-order valence-electron chi connectivity index (χ2n) is 6.31. The van der Waals surface area contributed by atoms with Crippen LogP contribution in [0.15, 0.2) is 35.9 Å². The van der Waals surface area contributed by atoms with Crippen molar-refractivity contribution in [1.29, 1.82) is 0 Å². The average Bonchev–Trinajstić information content (AvgIpc) is 2.44. The largest absolute Gasteiger partial charge is 0.496 e.